The predicted octanol–water partition coefficient (Wildman–Crippen LogP) is 3.19. The summed E-state index contributed by atoms with van der Waals surface area (Å²) in [5.74, 6) is -0.861. The molecule has 0 aromatic heterocycles. The molecule has 0 bridgehead atoms. The highest BCUT2D eigenvalue weighted by Crippen LogP contribution is 2.19. The minimum absolute atomic E-state index is 0.128. The van der Waals surface area contributed by atoms with Gasteiger partial charge in [-0.3, -0.25) is 9.59 Å². The van der Waals surface area contributed by atoms with Crippen molar-refractivity contribution in [3.63, 3.8) is 0 Å². The van der Waals surface area contributed by atoms with Gasteiger partial charge in [0.25, 0.3) is 0 Å². The quantitative estimate of drug-likeness (QED) is 0.475. The zero-order chi connectivity index (χ0) is 15.8. The molecule has 5 heteroatoms. The average molecular weight is 291 g/mol. The van der Waals surface area contributed by atoms with Gasteiger partial charge in [-0.2, -0.15) is 0 Å². The first kappa shape index (κ1) is 16.9. The fourth-order valence-electron chi connectivity index (χ4n) is 1.94. The molecule has 1 rings (SSSR count). The molecule has 1 amide bonds. The SMILES string of the molecule is CCCCCC(=O)Nc1ccc(C(=O)OC)cc1C(C)=O. The van der Waals surface area contributed by atoms with Crippen molar-refractivity contribution in [2.24, 2.45) is 0 Å². The van der Waals surface area contributed by atoms with Crippen molar-refractivity contribution in [1.82, 2.24) is 0 Å². The Kier molecular flexibility index (Phi) is 6.59. The van der Waals surface area contributed by atoms with E-state index in [1.807, 2.05) is 0 Å². The van der Waals surface area contributed by atoms with Crippen LogP contribution in [0.1, 0.15) is 60.2 Å². The maximum absolute atomic E-state index is 11.8. The molecule has 0 saturated heterocycles. The molecule has 0 heterocycles. The number of carbonyl (C=O) groups excluding carboxylic acids is 3. The van der Waals surface area contributed by atoms with Gasteiger partial charge in [-0.1, -0.05) is 19.8 Å². The van der Waals surface area contributed by atoms with Gasteiger partial charge in [0, 0.05) is 12.0 Å². The summed E-state index contributed by atoms with van der Waals surface area (Å²) in [6, 6.07) is 4.52. The molecule has 0 radical (unpaired) electrons. The number of amides is 1. The number of ketones is 1. The Morgan fingerprint density at radius 1 is 1.19 bits per heavy atom. The molecule has 5 nitrogen and oxygen atoms in total. The minimum Gasteiger partial charge on any atom is -0.465 e. The number of unbranched alkanes of at least 4 members (excludes halogenated alkanes) is 2. The van der Waals surface area contributed by atoms with Crippen molar-refractivity contribution in [3.8, 4) is 0 Å². The van der Waals surface area contributed by atoms with Crippen LogP contribution in [0.3, 0.4) is 0 Å². The molecule has 0 spiro atoms. The third kappa shape index (κ3) is 5.02. The molecular weight excluding hydrogens is 270 g/mol. The Morgan fingerprint density at radius 3 is 2.48 bits per heavy atom. The van der Waals surface area contributed by atoms with Crippen LogP contribution >= 0.6 is 0 Å². The van der Waals surface area contributed by atoms with Crippen LogP contribution < -0.4 is 5.32 Å². The standard InChI is InChI=1S/C16H21NO4/c1-4-5-6-7-15(19)17-14-9-8-12(16(20)21-3)10-13(14)11(2)18/h8-10H,4-7H2,1-3H3,(H,17,19). The van der Waals surface area contributed by atoms with Crippen LogP contribution in [0.25, 0.3) is 0 Å². The van der Waals surface area contributed by atoms with Crippen molar-refractivity contribution in [2.75, 3.05) is 12.4 Å². The molecule has 0 saturated carbocycles. The third-order valence-electron chi connectivity index (χ3n) is 3.10. The second-order valence-electron chi connectivity index (χ2n) is 4.81. The molecule has 114 valence electrons. The van der Waals surface area contributed by atoms with E-state index in [0.717, 1.165) is 19.3 Å². The topological polar surface area (TPSA) is 72.5 Å². The molecule has 0 fully saturated rings. The fourth-order valence-corrected chi connectivity index (χ4v) is 1.94. The second kappa shape index (κ2) is 8.19. The first-order valence-corrected chi connectivity index (χ1v) is 7.02. The van der Waals surface area contributed by atoms with E-state index in [4.69, 9.17) is 0 Å². The van der Waals surface area contributed by atoms with Crippen molar-refractivity contribution in [3.05, 3.63) is 29.3 Å². The summed E-state index contributed by atoms with van der Waals surface area (Å²) in [4.78, 5) is 35.0. The van der Waals surface area contributed by atoms with Crippen LogP contribution in [-0.4, -0.2) is 24.8 Å². The normalized spacial score (nSPS) is 10.0. The van der Waals surface area contributed by atoms with Crippen LogP contribution in [0.2, 0.25) is 0 Å². The number of esters is 1. The van der Waals surface area contributed by atoms with E-state index in [2.05, 4.69) is 17.0 Å². The zero-order valence-electron chi connectivity index (χ0n) is 12.7. The highest BCUT2D eigenvalue weighted by Gasteiger charge is 2.14. The van der Waals surface area contributed by atoms with Crippen molar-refractivity contribution in [1.29, 1.82) is 0 Å². The summed E-state index contributed by atoms with van der Waals surface area (Å²) < 4.78 is 4.62. The summed E-state index contributed by atoms with van der Waals surface area (Å²) in [6.07, 6.45) is 3.27. The van der Waals surface area contributed by atoms with Gasteiger partial charge < -0.3 is 10.1 Å². The van der Waals surface area contributed by atoms with E-state index in [1.165, 1.54) is 26.2 Å². The smallest absolute Gasteiger partial charge is 0.337 e. The van der Waals surface area contributed by atoms with E-state index >= 15 is 0 Å². The Labute approximate surface area is 124 Å². The molecule has 1 aromatic rings. The number of carbonyl (C=O) groups is 3. The Hall–Kier alpha value is -2.17. The number of ether oxygens (including phenoxy) is 1. The largest absolute Gasteiger partial charge is 0.465 e. The Balaban J connectivity index is 2.89. The maximum Gasteiger partial charge on any atom is 0.337 e. The number of nitrogens with one attached hydrogen (secondary N) is 1. The van der Waals surface area contributed by atoms with E-state index in [0.29, 0.717) is 17.7 Å². The molecule has 21 heavy (non-hydrogen) atoms. The third-order valence-corrected chi connectivity index (χ3v) is 3.10. The second-order valence-corrected chi connectivity index (χ2v) is 4.81. The van der Waals surface area contributed by atoms with Crippen LogP contribution in [-0.2, 0) is 9.53 Å². The van der Waals surface area contributed by atoms with Crippen LogP contribution in [0.4, 0.5) is 5.69 Å². The lowest BCUT2D eigenvalue weighted by molar-refractivity contribution is -0.116. The van der Waals surface area contributed by atoms with E-state index in [-0.39, 0.29) is 17.3 Å². The summed E-state index contributed by atoms with van der Waals surface area (Å²) >= 11 is 0. The maximum atomic E-state index is 11.8. The lowest BCUT2D eigenvalue weighted by atomic mass is 10.0. The first-order chi connectivity index (χ1) is 9.99. The molecule has 0 aliphatic heterocycles. The van der Waals surface area contributed by atoms with Crippen LogP contribution in [0.15, 0.2) is 18.2 Å². The van der Waals surface area contributed by atoms with Gasteiger partial charge >= 0.3 is 5.97 Å². The van der Waals surface area contributed by atoms with Crippen molar-refractivity contribution in [2.45, 2.75) is 39.5 Å². The van der Waals surface area contributed by atoms with E-state index < -0.39 is 5.97 Å². The van der Waals surface area contributed by atoms with Gasteiger partial charge in [-0.25, -0.2) is 4.79 Å². The summed E-state index contributed by atoms with van der Waals surface area (Å²) in [5.41, 5.74) is 1.02. The Bertz CT molecular complexity index is 537. The number of hydrogen-bond acceptors (Lipinski definition) is 4. The highest BCUT2D eigenvalue weighted by atomic mass is 16.5. The van der Waals surface area contributed by atoms with Gasteiger partial charge in [0.1, 0.15) is 0 Å². The van der Waals surface area contributed by atoms with Crippen LogP contribution in [0, 0.1) is 0 Å². The van der Waals surface area contributed by atoms with E-state index in [1.54, 1.807) is 6.07 Å². The van der Waals surface area contributed by atoms with Crippen molar-refractivity contribution >= 4 is 23.3 Å². The predicted molar refractivity (Wildman–Crippen MR) is 80.6 cm³/mol. The zero-order valence-corrected chi connectivity index (χ0v) is 12.7. The Morgan fingerprint density at radius 2 is 1.90 bits per heavy atom. The van der Waals surface area contributed by atoms with Crippen LogP contribution in [0.5, 0.6) is 0 Å². The van der Waals surface area contributed by atoms with E-state index in [9.17, 15) is 14.4 Å². The monoisotopic (exact) mass is 291 g/mol. The summed E-state index contributed by atoms with van der Waals surface area (Å²) in [6.45, 7) is 3.46. The van der Waals surface area contributed by atoms with Gasteiger partial charge in [0.15, 0.2) is 5.78 Å². The number of methoxy groups -OCH3 is 1. The molecule has 0 aliphatic rings. The van der Waals surface area contributed by atoms with Gasteiger partial charge in [-0.15, -0.1) is 0 Å². The number of anilines is 1. The van der Waals surface area contributed by atoms with Gasteiger partial charge in [-0.05, 0) is 31.5 Å². The number of rotatable bonds is 7. The lowest BCUT2D eigenvalue weighted by Crippen LogP contribution is -2.14. The molecule has 0 unspecified atom stereocenters. The summed E-state index contributed by atoms with van der Waals surface area (Å²) in [5, 5.41) is 2.72. The van der Waals surface area contributed by atoms with Gasteiger partial charge in [0.2, 0.25) is 5.91 Å². The molecular formula is C16H21NO4. The van der Waals surface area contributed by atoms with Crippen molar-refractivity contribution < 1.29 is 19.1 Å². The fraction of sp³-hybridized carbons (Fsp3) is 0.438. The number of Topliss-reactive ketones (excluding diaryl/α,β-unsaturated/α-hetero) is 1. The average Bonchev–Trinajstić information content (AvgIpc) is 2.46. The number of benzene rings is 1. The van der Waals surface area contributed by atoms with Gasteiger partial charge in [0.05, 0.1) is 18.4 Å². The molecule has 1 N–H and O–H groups in total. The molecule has 0 atom stereocenters. The molecule has 1 aromatic carbocycles. The first-order valence-electron chi connectivity index (χ1n) is 7.02. The summed E-state index contributed by atoms with van der Waals surface area (Å²) in [7, 11) is 1.28. The molecule has 0 aliphatic carbocycles. The highest BCUT2D eigenvalue weighted by molar-refractivity contribution is 6.05. The lowest BCUT2D eigenvalue weighted by Gasteiger charge is -2.10. The minimum atomic E-state index is -0.515. The number of hydrogen-bond donors (Lipinski definition) is 1.